The number of fused-ring (bicyclic) bond motifs is 2. The van der Waals surface area contributed by atoms with Crippen molar-refractivity contribution in [2.75, 3.05) is 0 Å². The van der Waals surface area contributed by atoms with Gasteiger partial charge in [0, 0.05) is 24.3 Å². The Morgan fingerprint density at radius 1 is 1.36 bits per heavy atom. The van der Waals surface area contributed by atoms with Gasteiger partial charge in [-0.1, -0.05) is 0 Å². The first-order chi connectivity index (χ1) is 9.92. The lowest BCUT2D eigenvalue weighted by Gasteiger charge is -2.29. The van der Waals surface area contributed by atoms with Crippen molar-refractivity contribution in [2.45, 2.75) is 61.7 Å². The molecule has 0 spiro atoms. The highest BCUT2D eigenvalue weighted by Crippen LogP contribution is 2.27. The van der Waals surface area contributed by atoms with Crippen molar-refractivity contribution in [3.8, 4) is 0 Å². The molecule has 2 unspecified atom stereocenters. The van der Waals surface area contributed by atoms with E-state index >= 15 is 0 Å². The number of nitrogens with one attached hydrogen (secondary N) is 2. The van der Waals surface area contributed by atoms with E-state index in [1.54, 1.807) is 0 Å². The Morgan fingerprint density at radius 3 is 2.59 bits per heavy atom. The predicted octanol–water partition coefficient (Wildman–Crippen LogP) is 1.13. The Hall–Kier alpha value is -0.770. The Labute approximate surface area is 134 Å². The molecule has 3 rings (SSSR count). The second-order valence-corrected chi connectivity index (χ2v) is 7.43. The van der Waals surface area contributed by atoms with Gasteiger partial charge in [-0.3, -0.25) is 4.68 Å². The Kier molecular flexibility index (Phi) is 5.41. The molecule has 2 bridgehead atoms. The topological polar surface area (TPSA) is 76.0 Å². The van der Waals surface area contributed by atoms with E-state index in [1.165, 1.54) is 0 Å². The van der Waals surface area contributed by atoms with E-state index < -0.39 is 23.0 Å². The normalized spacial score (nSPS) is 27.9. The highest BCUT2D eigenvalue weighted by atomic mass is 35.5. The maximum absolute atomic E-state index is 12.3. The van der Waals surface area contributed by atoms with E-state index in [0.717, 1.165) is 42.8 Å². The summed E-state index contributed by atoms with van der Waals surface area (Å²) in [6.07, 6.45) is 3.38. The van der Waals surface area contributed by atoms with Gasteiger partial charge < -0.3 is 5.32 Å². The van der Waals surface area contributed by atoms with Gasteiger partial charge in [0.1, 0.15) is 11.4 Å². The summed E-state index contributed by atoms with van der Waals surface area (Å²) in [4.78, 5) is -0.0611. The number of sulfonamides is 1. The highest BCUT2D eigenvalue weighted by molar-refractivity contribution is 7.89. The minimum absolute atomic E-state index is 0. The van der Waals surface area contributed by atoms with Crippen molar-refractivity contribution in [2.24, 2.45) is 0 Å². The van der Waals surface area contributed by atoms with Crippen LogP contribution >= 0.6 is 12.4 Å². The summed E-state index contributed by atoms with van der Waals surface area (Å²) in [5.41, 5.74) is 0. The van der Waals surface area contributed by atoms with Crippen LogP contribution in [0.25, 0.3) is 0 Å². The smallest absolute Gasteiger partial charge is 0.257 e. The number of aromatic nitrogens is 2. The maximum atomic E-state index is 12.3. The van der Waals surface area contributed by atoms with Crippen molar-refractivity contribution >= 4 is 22.4 Å². The molecule has 2 aliphatic rings. The molecule has 0 aliphatic carbocycles. The van der Waals surface area contributed by atoms with Gasteiger partial charge in [0.25, 0.3) is 6.43 Å². The van der Waals surface area contributed by atoms with Crippen LogP contribution in [0.5, 0.6) is 0 Å². The van der Waals surface area contributed by atoms with E-state index in [2.05, 4.69) is 15.1 Å². The monoisotopic (exact) mass is 356 g/mol. The van der Waals surface area contributed by atoms with Gasteiger partial charge in [0.2, 0.25) is 10.0 Å². The van der Waals surface area contributed by atoms with Crippen LogP contribution in [0, 0.1) is 0 Å². The first-order valence-electron chi connectivity index (χ1n) is 7.01. The summed E-state index contributed by atoms with van der Waals surface area (Å²) in [5.74, 6) is 0. The second-order valence-electron chi connectivity index (χ2n) is 5.72. The Morgan fingerprint density at radius 2 is 2.00 bits per heavy atom. The van der Waals surface area contributed by atoms with Gasteiger partial charge in [0.15, 0.2) is 0 Å². The lowest BCUT2D eigenvalue weighted by atomic mass is 10.0. The number of hydrogen-bond acceptors (Lipinski definition) is 4. The van der Waals surface area contributed by atoms with Crippen molar-refractivity contribution in [1.29, 1.82) is 0 Å². The van der Waals surface area contributed by atoms with Crippen LogP contribution in [0.4, 0.5) is 8.78 Å². The molecule has 0 aromatic carbocycles. The zero-order valence-corrected chi connectivity index (χ0v) is 13.4. The molecule has 2 N–H and O–H groups in total. The summed E-state index contributed by atoms with van der Waals surface area (Å²) in [5, 5.41) is 7.10. The van der Waals surface area contributed by atoms with Crippen LogP contribution in [0.15, 0.2) is 17.3 Å². The number of piperidine rings is 1. The summed E-state index contributed by atoms with van der Waals surface area (Å²) >= 11 is 0. The molecule has 1 aromatic heterocycles. The van der Waals surface area contributed by atoms with Gasteiger partial charge in [-0.25, -0.2) is 21.9 Å². The quantitative estimate of drug-likeness (QED) is 0.829. The molecular formula is C12H19ClF2N4O2S. The maximum Gasteiger partial charge on any atom is 0.257 e. The lowest BCUT2D eigenvalue weighted by molar-refractivity contribution is 0.121. The minimum atomic E-state index is -3.70. The molecular weight excluding hydrogens is 338 g/mol. The summed E-state index contributed by atoms with van der Waals surface area (Å²) in [6.45, 7) is -0.604. The summed E-state index contributed by atoms with van der Waals surface area (Å²) < 4.78 is 52.7. The van der Waals surface area contributed by atoms with E-state index in [1.807, 2.05) is 0 Å². The van der Waals surface area contributed by atoms with Crippen LogP contribution in [0.2, 0.25) is 0 Å². The first kappa shape index (κ1) is 17.6. The molecule has 0 amide bonds. The van der Waals surface area contributed by atoms with Gasteiger partial charge >= 0.3 is 0 Å². The number of hydrogen-bond donors (Lipinski definition) is 2. The fourth-order valence-corrected chi connectivity index (χ4v) is 4.38. The standard InChI is InChI=1S/C12H18F2N4O2S.ClH/c13-12(14)7-18-6-11(5-15-18)21(19,20)17-10-3-8-1-2-9(4-10)16-8;/h5-6,8-10,12,16-17H,1-4,7H2;1H. The number of nitrogens with zero attached hydrogens (tertiary/aromatic N) is 2. The van der Waals surface area contributed by atoms with Gasteiger partial charge in [-0.2, -0.15) is 5.10 Å². The van der Waals surface area contributed by atoms with Crippen LogP contribution in [0.3, 0.4) is 0 Å². The average Bonchev–Trinajstić information content (AvgIpc) is 2.96. The third-order valence-electron chi connectivity index (χ3n) is 4.04. The second kappa shape index (κ2) is 6.77. The minimum Gasteiger partial charge on any atom is -0.311 e. The van der Waals surface area contributed by atoms with Crippen molar-refractivity contribution in [1.82, 2.24) is 19.8 Å². The third-order valence-corrected chi connectivity index (χ3v) is 5.51. The molecule has 2 aliphatic heterocycles. The molecule has 10 heteroatoms. The summed E-state index contributed by atoms with van der Waals surface area (Å²) in [7, 11) is -3.70. The van der Waals surface area contributed by atoms with E-state index in [4.69, 9.17) is 0 Å². The molecule has 126 valence electrons. The number of alkyl halides is 2. The molecule has 2 fully saturated rings. The molecule has 2 saturated heterocycles. The Bertz CT molecular complexity index is 598. The first-order valence-corrected chi connectivity index (χ1v) is 8.49. The molecule has 0 saturated carbocycles. The zero-order chi connectivity index (χ0) is 15.0. The van der Waals surface area contributed by atoms with Crippen LogP contribution in [-0.2, 0) is 16.6 Å². The van der Waals surface area contributed by atoms with Crippen molar-refractivity contribution < 1.29 is 17.2 Å². The van der Waals surface area contributed by atoms with Crippen molar-refractivity contribution in [3.63, 3.8) is 0 Å². The van der Waals surface area contributed by atoms with Crippen LogP contribution in [0.1, 0.15) is 25.7 Å². The molecule has 6 nitrogen and oxygen atoms in total. The van der Waals surface area contributed by atoms with E-state index in [-0.39, 0.29) is 23.3 Å². The number of halogens is 3. The van der Waals surface area contributed by atoms with Crippen LogP contribution in [-0.4, -0.2) is 42.7 Å². The Balaban J connectivity index is 0.00000176. The summed E-state index contributed by atoms with van der Waals surface area (Å²) in [6, 6.07) is 0.642. The van der Waals surface area contributed by atoms with Crippen molar-refractivity contribution in [3.05, 3.63) is 12.4 Å². The molecule has 2 atom stereocenters. The predicted molar refractivity (Wildman–Crippen MR) is 78.8 cm³/mol. The fourth-order valence-electron chi connectivity index (χ4n) is 3.17. The average molecular weight is 357 g/mol. The third kappa shape index (κ3) is 3.95. The molecule has 3 heterocycles. The zero-order valence-electron chi connectivity index (χ0n) is 11.8. The highest BCUT2D eigenvalue weighted by Gasteiger charge is 2.35. The molecule has 22 heavy (non-hydrogen) atoms. The van der Waals surface area contributed by atoms with Gasteiger partial charge in [-0.05, 0) is 25.7 Å². The molecule has 1 aromatic rings. The van der Waals surface area contributed by atoms with Gasteiger partial charge in [0.05, 0.1) is 6.20 Å². The SMILES string of the molecule is Cl.O=S(=O)(NC1CC2CCC(C1)N2)c1cnn(CC(F)F)c1. The van der Waals surface area contributed by atoms with E-state index in [0.29, 0.717) is 12.1 Å². The lowest BCUT2D eigenvalue weighted by Crippen LogP contribution is -2.47. The number of rotatable bonds is 5. The van der Waals surface area contributed by atoms with Gasteiger partial charge in [-0.15, -0.1) is 12.4 Å². The van der Waals surface area contributed by atoms with Crippen LogP contribution < -0.4 is 10.0 Å². The fraction of sp³-hybridized carbons (Fsp3) is 0.750. The molecule has 0 radical (unpaired) electrons. The largest absolute Gasteiger partial charge is 0.311 e. The van der Waals surface area contributed by atoms with E-state index in [9.17, 15) is 17.2 Å².